The molecule has 0 aliphatic carbocycles. The van der Waals surface area contributed by atoms with Crippen molar-refractivity contribution in [2.45, 2.75) is 25.3 Å². The molecule has 2 aliphatic heterocycles. The highest BCUT2D eigenvalue weighted by atomic mass is 16.1. The van der Waals surface area contributed by atoms with E-state index in [0.717, 1.165) is 32.5 Å². The number of hydrogen-bond acceptors (Lipinski definition) is 4. The lowest BCUT2D eigenvalue weighted by Gasteiger charge is -2.32. The van der Waals surface area contributed by atoms with E-state index in [2.05, 4.69) is 27.5 Å². The number of hydrogen-bond donors (Lipinski definition) is 2. The van der Waals surface area contributed by atoms with Crippen LogP contribution >= 0.6 is 0 Å². The highest BCUT2D eigenvalue weighted by Gasteiger charge is 2.17. The van der Waals surface area contributed by atoms with Crippen LogP contribution in [0.25, 0.3) is 0 Å². The van der Waals surface area contributed by atoms with E-state index in [9.17, 15) is 4.79 Å². The smallest absolute Gasteiger partial charge is 0.221 e. The molecule has 1 unspecified atom stereocenters. The predicted molar refractivity (Wildman–Crippen MR) is 72.6 cm³/mol. The highest BCUT2D eigenvalue weighted by Crippen LogP contribution is 2.05. The van der Waals surface area contributed by atoms with Crippen LogP contribution in [0.3, 0.4) is 0 Å². The SMILES string of the molecule is CN1CCN(CCNC2CCCNC(=O)C2)CC1. The first kappa shape index (κ1) is 13.8. The minimum Gasteiger partial charge on any atom is -0.356 e. The minimum absolute atomic E-state index is 0.199. The van der Waals surface area contributed by atoms with Gasteiger partial charge in [0.15, 0.2) is 0 Å². The number of likely N-dealkylation sites (N-methyl/N-ethyl adjacent to an activating group) is 1. The summed E-state index contributed by atoms with van der Waals surface area (Å²) in [7, 11) is 2.18. The molecule has 2 rings (SSSR count). The zero-order chi connectivity index (χ0) is 12.8. The largest absolute Gasteiger partial charge is 0.356 e. The molecular formula is C13H26N4O. The van der Waals surface area contributed by atoms with E-state index in [-0.39, 0.29) is 5.91 Å². The average Bonchev–Trinajstić information content (AvgIpc) is 2.56. The van der Waals surface area contributed by atoms with E-state index in [1.165, 1.54) is 26.2 Å². The van der Waals surface area contributed by atoms with Gasteiger partial charge in [-0.05, 0) is 19.9 Å². The van der Waals surface area contributed by atoms with Gasteiger partial charge in [-0.25, -0.2) is 0 Å². The topological polar surface area (TPSA) is 47.6 Å². The number of amides is 1. The average molecular weight is 254 g/mol. The summed E-state index contributed by atoms with van der Waals surface area (Å²) in [6, 6.07) is 0.375. The van der Waals surface area contributed by atoms with Crippen molar-refractivity contribution >= 4 is 5.91 Å². The minimum atomic E-state index is 0.199. The molecule has 0 aromatic rings. The molecule has 0 aromatic heterocycles. The fourth-order valence-electron chi connectivity index (χ4n) is 2.65. The Morgan fingerprint density at radius 3 is 2.89 bits per heavy atom. The molecule has 1 atom stereocenters. The second kappa shape index (κ2) is 7.07. The van der Waals surface area contributed by atoms with Crippen LogP contribution in [0, 0.1) is 0 Å². The summed E-state index contributed by atoms with van der Waals surface area (Å²) in [6.45, 7) is 7.63. The Morgan fingerprint density at radius 1 is 1.33 bits per heavy atom. The van der Waals surface area contributed by atoms with Gasteiger partial charge in [-0.2, -0.15) is 0 Å². The molecule has 2 heterocycles. The third-order valence-electron chi connectivity index (χ3n) is 3.94. The van der Waals surface area contributed by atoms with Crippen LogP contribution in [0.5, 0.6) is 0 Å². The molecule has 2 fully saturated rings. The van der Waals surface area contributed by atoms with E-state index in [1.807, 2.05) is 0 Å². The normalized spacial score (nSPS) is 27.8. The third kappa shape index (κ3) is 4.55. The van der Waals surface area contributed by atoms with Crippen LogP contribution in [0.1, 0.15) is 19.3 Å². The van der Waals surface area contributed by atoms with Crippen molar-refractivity contribution in [2.24, 2.45) is 0 Å². The van der Waals surface area contributed by atoms with Crippen molar-refractivity contribution in [1.29, 1.82) is 0 Å². The van der Waals surface area contributed by atoms with E-state index < -0.39 is 0 Å². The summed E-state index contributed by atoms with van der Waals surface area (Å²) in [4.78, 5) is 16.3. The maximum atomic E-state index is 11.4. The number of carbonyl (C=O) groups is 1. The van der Waals surface area contributed by atoms with Gasteiger partial charge in [-0.3, -0.25) is 9.69 Å². The summed E-state index contributed by atoms with van der Waals surface area (Å²) in [5.74, 6) is 0.199. The Kier molecular flexibility index (Phi) is 5.41. The van der Waals surface area contributed by atoms with Crippen molar-refractivity contribution in [2.75, 3.05) is 52.9 Å². The molecule has 2 aliphatic rings. The summed E-state index contributed by atoms with van der Waals surface area (Å²) in [5, 5.41) is 6.46. The number of piperazine rings is 1. The summed E-state index contributed by atoms with van der Waals surface area (Å²) >= 11 is 0. The Labute approximate surface area is 110 Å². The van der Waals surface area contributed by atoms with Gasteiger partial charge >= 0.3 is 0 Å². The van der Waals surface area contributed by atoms with Crippen LogP contribution in [0.15, 0.2) is 0 Å². The van der Waals surface area contributed by atoms with E-state index in [0.29, 0.717) is 12.5 Å². The van der Waals surface area contributed by atoms with Crippen LogP contribution in [-0.2, 0) is 4.79 Å². The van der Waals surface area contributed by atoms with Crippen LogP contribution in [0.4, 0.5) is 0 Å². The standard InChI is InChI=1S/C13H26N4O/c1-16-7-9-17(10-8-16)6-5-14-12-3-2-4-15-13(18)11-12/h12,14H,2-11H2,1H3,(H,15,18). The molecule has 5 nitrogen and oxygen atoms in total. The number of rotatable bonds is 4. The lowest BCUT2D eigenvalue weighted by Crippen LogP contribution is -2.47. The van der Waals surface area contributed by atoms with Crippen molar-refractivity contribution in [3.63, 3.8) is 0 Å². The first-order valence-electron chi connectivity index (χ1n) is 7.15. The van der Waals surface area contributed by atoms with Gasteiger partial charge in [-0.15, -0.1) is 0 Å². The van der Waals surface area contributed by atoms with Crippen molar-refractivity contribution in [3.8, 4) is 0 Å². The molecule has 5 heteroatoms. The molecular weight excluding hydrogens is 228 g/mol. The Morgan fingerprint density at radius 2 is 2.11 bits per heavy atom. The summed E-state index contributed by atoms with van der Waals surface area (Å²) in [5.41, 5.74) is 0. The lowest BCUT2D eigenvalue weighted by atomic mass is 10.1. The second-order valence-corrected chi connectivity index (χ2v) is 5.49. The molecule has 0 aromatic carbocycles. The van der Waals surface area contributed by atoms with Gasteiger partial charge in [0.2, 0.25) is 5.91 Å². The third-order valence-corrected chi connectivity index (χ3v) is 3.94. The van der Waals surface area contributed by atoms with Gasteiger partial charge in [0.1, 0.15) is 0 Å². The van der Waals surface area contributed by atoms with E-state index in [4.69, 9.17) is 0 Å². The van der Waals surface area contributed by atoms with Crippen molar-refractivity contribution < 1.29 is 4.79 Å². The fraction of sp³-hybridized carbons (Fsp3) is 0.923. The lowest BCUT2D eigenvalue weighted by molar-refractivity contribution is -0.121. The van der Waals surface area contributed by atoms with Gasteiger partial charge in [-0.1, -0.05) is 0 Å². The van der Waals surface area contributed by atoms with E-state index in [1.54, 1.807) is 0 Å². The maximum absolute atomic E-state index is 11.4. The number of nitrogens with zero attached hydrogens (tertiary/aromatic N) is 2. The Bertz CT molecular complexity index is 264. The predicted octanol–water partition coefficient (Wildman–Crippen LogP) is -0.508. The molecule has 104 valence electrons. The zero-order valence-electron chi connectivity index (χ0n) is 11.5. The van der Waals surface area contributed by atoms with Crippen LogP contribution < -0.4 is 10.6 Å². The van der Waals surface area contributed by atoms with Gasteiger partial charge in [0, 0.05) is 58.3 Å². The Hall–Kier alpha value is -0.650. The zero-order valence-corrected chi connectivity index (χ0v) is 11.5. The Balaban J connectivity index is 1.61. The van der Waals surface area contributed by atoms with Gasteiger partial charge in [0.25, 0.3) is 0 Å². The maximum Gasteiger partial charge on any atom is 0.221 e. The molecule has 0 radical (unpaired) electrons. The first-order chi connectivity index (χ1) is 8.74. The van der Waals surface area contributed by atoms with Gasteiger partial charge < -0.3 is 15.5 Å². The van der Waals surface area contributed by atoms with Gasteiger partial charge in [0.05, 0.1) is 0 Å². The molecule has 1 amide bonds. The quantitative estimate of drug-likeness (QED) is 0.709. The number of carbonyl (C=O) groups excluding carboxylic acids is 1. The van der Waals surface area contributed by atoms with Crippen LogP contribution in [-0.4, -0.2) is 74.6 Å². The second-order valence-electron chi connectivity index (χ2n) is 5.49. The molecule has 0 bridgehead atoms. The molecule has 2 N–H and O–H groups in total. The highest BCUT2D eigenvalue weighted by molar-refractivity contribution is 5.76. The molecule has 2 saturated heterocycles. The molecule has 18 heavy (non-hydrogen) atoms. The number of nitrogens with one attached hydrogen (secondary N) is 2. The first-order valence-corrected chi connectivity index (χ1v) is 7.15. The van der Waals surface area contributed by atoms with Crippen LogP contribution in [0.2, 0.25) is 0 Å². The van der Waals surface area contributed by atoms with Crippen molar-refractivity contribution in [3.05, 3.63) is 0 Å². The monoisotopic (exact) mass is 254 g/mol. The summed E-state index contributed by atoms with van der Waals surface area (Å²) < 4.78 is 0. The van der Waals surface area contributed by atoms with Crippen molar-refractivity contribution in [1.82, 2.24) is 20.4 Å². The summed E-state index contributed by atoms with van der Waals surface area (Å²) in [6.07, 6.45) is 2.85. The molecule has 0 saturated carbocycles. The fourth-order valence-corrected chi connectivity index (χ4v) is 2.65. The van der Waals surface area contributed by atoms with E-state index >= 15 is 0 Å². The molecule has 0 spiro atoms.